The molecule has 0 saturated carbocycles. The Morgan fingerprint density at radius 1 is 0.302 bits per heavy atom. The van der Waals surface area contributed by atoms with Crippen molar-refractivity contribution in [1.29, 1.82) is 0 Å². The van der Waals surface area contributed by atoms with E-state index >= 15 is 0 Å². The number of benzene rings is 8. The number of hydrogen-bond acceptors (Lipinski definition) is 2. The highest BCUT2D eigenvalue weighted by molar-refractivity contribution is 6.31. The van der Waals surface area contributed by atoms with Gasteiger partial charge >= 0.3 is 0 Å². The zero-order valence-corrected chi connectivity index (χ0v) is 30.3. The molecule has 0 unspecified atom stereocenters. The molecule has 0 spiro atoms. The maximum atomic E-state index is 6.40. The molecular weight excluding hydrogens is 687 g/mol. The summed E-state index contributed by atoms with van der Waals surface area (Å²) in [4.78, 5) is 4.62. The summed E-state index contributed by atoms with van der Waals surface area (Å²) in [5, 5.41) is 1.41. The maximum Gasteiger partial charge on any atom is 0.0715 e. The molecule has 1 aliphatic rings. The molecule has 4 heteroatoms. The van der Waals surface area contributed by atoms with Gasteiger partial charge in [0.1, 0.15) is 0 Å². The molecule has 0 bridgehead atoms. The molecule has 1 aliphatic carbocycles. The van der Waals surface area contributed by atoms with Gasteiger partial charge in [0.15, 0.2) is 0 Å². The highest BCUT2D eigenvalue weighted by Crippen LogP contribution is 2.58. The highest BCUT2D eigenvalue weighted by Gasteiger charge is 2.47. The Hall–Kier alpha value is -6.06. The predicted octanol–water partition coefficient (Wildman–Crippen LogP) is 14.3. The van der Waals surface area contributed by atoms with E-state index in [0.29, 0.717) is 10.0 Å². The SMILES string of the molecule is Clc1ccc(N(c2ccccc2)c2ccc3c(c2)C(c2ccccc2)(c2ccccc2)c2cc(N(c4ccccc4)c4ccc(Cl)cc4)ccc2-3)cc1. The number of para-hydroxylation sites is 2. The van der Waals surface area contributed by atoms with Gasteiger partial charge in [-0.1, -0.05) is 132 Å². The van der Waals surface area contributed by atoms with Gasteiger partial charge in [-0.25, -0.2) is 0 Å². The molecule has 0 fully saturated rings. The van der Waals surface area contributed by atoms with Crippen LogP contribution in [0.3, 0.4) is 0 Å². The summed E-state index contributed by atoms with van der Waals surface area (Å²) in [5.41, 5.74) is 13.0. The monoisotopic (exact) mass is 720 g/mol. The molecule has 0 atom stereocenters. The number of halogens is 2. The lowest BCUT2D eigenvalue weighted by Gasteiger charge is -2.35. The molecule has 9 rings (SSSR count). The molecule has 8 aromatic carbocycles. The third-order valence-electron chi connectivity index (χ3n) is 10.2. The van der Waals surface area contributed by atoms with Crippen molar-refractivity contribution >= 4 is 57.3 Å². The van der Waals surface area contributed by atoms with Crippen LogP contribution in [0.15, 0.2) is 206 Å². The van der Waals surface area contributed by atoms with Crippen LogP contribution in [0, 0.1) is 0 Å². The molecule has 254 valence electrons. The van der Waals surface area contributed by atoms with Gasteiger partial charge in [0.05, 0.1) is 5.41 Å². The normalized spacial score (nSPS) is 12.5. The number of nitrogens with zero attached hydrogens (tertiary/aromatic N) is 2. The number of rotatable bonds is 8. The molecule has 0 amide bonds. The van der Waals surface area contributed by atoms with Crippen LogP contribution < -0.4 is 9.80 Å². The van der Waals surface area contributed by atoms with Gasteiger partial charge < -0.3 is 9.80 Å². The van der Waals surface area contributed by atoms with Crippen LogP contribution >= 0.6 is 23.2 Å². The van der Waals surface area contributed by atoms with Crippen molar-refractivity contribution in [3.63, 3.8) is 0 Å². The lowest BCUT2D eigenvalue weighted by atomic mass is 9.67. The first kappa shape index (κ1) is 32.8. The fourth-order valence-electron chi connectivity index (χ4n) is 7.97. The summed E-state index contributed by atoms with van der Waals surface area (Å²) in [6.07, 6.45) is 0. The summed E-state index contributed by atoms with van der Waals surface area (Å²) in [5.74, 6) is 0. The first-order valence-corrected chi connectivity index (χ1v) is 18.5. The minimum absolute atomic E-state index is 0.621. The van der Waals surface area contributed by atoms with E-state index in [-0.39, 0.29) is 0 Å². The first-order chi connectivity index (χ1) is 26.1. The van der Waals surface area contributed by atoms with Crippen molar-refractivity contribution in [2.24, 2.45) is 0 Å². The second-order valence-corrected chi connectivity index (χ2v) is 14.1. The largest absolute Gasteiger partial charge is 0.310 e. The van der Waals surface area contributed by atoms with Crippen molar-refractivity contribution in [3.05, 3.63) is 239 Å². The zero-order chi connectivity index (χ0) is 35.8. The summed E-state index contributed by atoms with van der Waals surface area (Å²) in [7, 11) is 0. The van der Waals surface area contributed by atoms with Gasteiger partial charge in [-0.3, -0.25) is 0 Å². The smallest absolute Gasteiger partial charge is 0.0715 e. The lowest BCUT2D eigenvalue weighted by molar-refractivity contribution is 0.768. The lowest BCUT2D eigenvalue weighted by Crippen LogP contribution is -2.29. The van der Waals surface area contributed by atoms with Gasteiger partial charge in [-0.05, 0) is 130 Å². The second kappa shape index (κ2) is 13.8. The van der Waals surface area contributed by atoms with E-state index in [4.69, 9.17) is 23.2 Å². The molecule has 0 heterocycles. The van der Waals surface area contributed by atoms with E-state index < -0.39 is 5.41 Å². The maximum absolute atomic E-state index is 6.40. The topological polar surface area (TPSA) is 6.48 Å². The summed E-state index contributed by atoms with van der Waals surface area (Å²) < 4.78 is 0. The second-order valence-electron chi connectivity index (χ2n) is 13.2. The van der Waals surface area contributed by atoms with Crippen LogP contribution in [0.2, 0.25) is 10.0 Å². The van der Waals surface area contributed by atoms with E-state index in [9.17, 15) is 0 Å². The zero-order valence-electron chi connectivity index (χ0n) is 28.8. The van der Waals surface area contributed by atoms with Crippen molar-refractivity contribution < 1.29 is 0 Å². The minimum atomic E-state index is -0.621. The van der Waals surface area contributed by atoms with Crippen LogP contribution in [0.1, 0.15) is 22.3 Å². The molecule has 0 N–H and O–H groups in total. The molecule has 0 aliphatic heterocycles. The van der Waals surface area contributed by atoms with E-state index in [1.54, 1.807) is 0 Å². The third kappa shape index (κ3) is 5.77. The highest BCUT2D eigenvalue weighted by atomic mass is 35.5. The van der Waals surface area contributed by atoms with Crippen molar-refractivity contribution in [2.75, 3.05) is 9.80 Å². The van der Waals surface area contributed by atoms with Gasteiger partial charge in [0.25, 0.3) is 0 Å². The summed E-state index contributed by atoms with van der Waals surface area (Å²) in [6, 6.07) is 73.0. The van der Waals surface area contributed by atoms with E-state index in [0.717, 1.165) is 34.1 Å². The predicted molar refractivity (Wildman–Crippen MR) is 223 cm³/mol. The Labute approximate surface area is 320 Å². The molecular formula is C49H34Cl2N2. The Kier molecular flexibility index (Phi) is 8.56. The standard InChI is InChI=1S/C49H34Cl2N2/c50-37-21-25-41(26-22-37)52(39-17-9-3-10-18-39)43-29-31-45-46-32-30-44(53(40-19-11-4-12-20-40)42-27-23-38(51)24-28-42)34-48(46)49(47(45)33-43,35-13-5-1-6-14-35)36-15-7-2-8-16-36/h1-34H. The van der Waals surface area contributed by atoms with E-state index in [2.05, 4.69) is 192 Å². The van der Waals surface area contributed by atoms with Gasteiger partial charge in [0.2, 0.25) is 0 Å². The molecule has 2 nitrogen and oxygen atoms in total. The Balaban J connectivity index is 1.33. The fourth-order valence-corrected chi connectivity index (χ4v) is 8.22. The molecule has 53 heavy (non-hydrogen) atoms. The van der Waals surface area contributed by atoms with Crippen LogP contribution in [0.5, 0.6) is 0 Å². The third-order valence-corrected chi connectivity index (χ3v) is 10.7. The van der Waals surface area contributed by atoms with Crippen LogP contribution in [-0.4, -0.2) is 0 Å². The van der Waals surface area contributed by atoms with Gasteiger partial charge in [0, 0.05) is 44.2 Å². The number of anilines is 6. The van der Waals surface area contributed by atoms with E-state index in [1.165, 1.54) is 33.4 Å². The van der Waals surface area contributed by atoms with Crippen molar-refractivity contribution in [3.8, 4) is 11.1 Å². The molecule has 0 saturated heterocycles. The molecule has 0 aromatic heterocycles. The quantitative estimate of drug-likeness (QED) is 0.154. The van der Waals surface area contributed by atoms with Crippen molar-refractivity contribution in [1.82, 2.24) is 0 Å². The average Bonchev–Trinajstić information content (AvgIpc) is 3.51. The minimum Gasteiger partial charge on any atom is -0.310 e. The summed E-state index contributed by atoms with van der Waals surface area (Å²) >= 11 is 12.8. The Morgan fingerprint density at radius 3 is 0.962 bits per heavy atom. The fraction of sp³-hybridized carbons (Fsp3) is 0.0204. The molecule has 8 aromatic rings. The van der Waals surface area contributed by atoms with Crippen molar-refractivity contribution in [2.45, 2.75) is 5.41 Å². The summed E-state index contributed by atoms with van der Waals surface area (Å²) in [6.45, 7) is 0. The number of fused-ring (bicyclic) bond motifs is 3. The first-order valence-electron chi connectivity index (χ1n) is 17.7. The Morgan fingerprint density at radius 2 is 0.604 bits per heavy atom. The van der Waals surface area contributed by atoms with Crippen LogP contribution in [0.4, 0.5) is 34.1 Å². The average molecular weight is 722 g/mol. The van der Waals surface area contributed by atoms with E-state index in [1.807, 2.05) is 24.3 Å². The number of hydrogen-bond donors (Lipinski definition) is 0. The molecule has 0 radical (unpaired) electrons. The van der Waals surface area contributed by atoms with Crippen LogP contribution in [-0.2, 0) is 5.41 Å². The van der Waals surface area contributed by atoms with Gasteiger partial charge in [-0.2, -0.15) is 0 Å². The van der Waals surface area contributed by atoms with Crippen LogP contribution in [0.25, 0.3) is 11.1 Å². The Bertz CT molecular complexity index is 2320. The van der Waals surface area contributed by atoms with Gasteiger partial charge in [-0.15, -0.1) is 0 Å².